The molecular weight excluding hydrogens is 256 g/mol. The summed E-state index contributed by atoms with van der Waals surface area (Å²) < 4.78 is -0.137. The van der Waals surface area contributed by atoms with E-state index >= 15 is 0 Å². The first kappa shape index (κ1) is 13.7. The third kappa shape index (κ3) is 2.42. The topological polar surface area (TPSA) is 32.3 Å². The van der Waals surface area contributed by atoms with Crippen molar-refractivity contribution in [2.75, 3.05) is 25.4 Å². The maximum absolute atomic E-state index is 13.1. The van der Waals surface area contributed by atoms with Gasteiger partial charge in [-0.3, -0.25) is 4.79 Å². The smallest absolute Gasteiger partial charge is 0.239 e. The summed E-state index contributed by atoms with van der Waals surface area (Å²) in [5.74, 6) is 1.58. The molecule has 0 aromatic heterocycles. The molecule has 0 radical (unpaired) electrons. The van der Waals surface area contributed by atoms with E-state index in [1.807, 2.05) is 11.8 Å². The van der Waals surface area contributed by atoms with Gasteiger partial charge >= 0.3 is 0 Å². The predicted octanol–water partition coefficient (Wildman–Crippen LogP) is 2.41. The highest BCUT2D eigenvalue weighted by atomic mass is 32.2. The summed E-state index contributed by atoms with van der Waals surface area (Å²) in [4.78, 5) is 15.4. The first-order valence-electron chi connectivity index (χ1n) is 7.83. The molecule has 3 fully saturated rings. The van der Waals surface area contributed by atoms with Gasteiger partial charge in [0.15, 0.2) is 0 Å². The van der Waals surface area contributed by atoms with Gasteiger partial charge in [-0.15, -0.1) is 11.8 Å². The minimum atomic E-state index is -0.137. The van der Waals surface area contributed by atoms with Crippen molar-refractivity contribution in [3.63, 3.8) is 0 Å². The van der Waals surface area contributed by atoms with Crippen LogP contribution in [-0.2, 0) is 4.79 Å². The Bertz CT molecular complexity index is 338. The van der Waals surface area contributed by atoms with Crippen LogP contribution in [-0.4, -0.2) is 46.5 Å². The van der Waals surface area contributed by atoms with E-state index in [2.05, 4.69) is 17.1 Å². The zero-order valence-electron chi connectivity index (χ0n) is 12.0. The fourth-order valence-corrected chi connectivity index (χ4v) is 5.31. The first-order valence-corrected chi connectivity index (χ1v) is 8.82. The minimum absolute atomic E-state index is 0.137. The zero-order valence-corrected chi connectivity index (χ0v) is 12.9. The van der Waals surface area contributed by atoms with Gasteiger partial charge in [0.25, 0.3) is 0 Å². The average Bonchev–Trinajstić information content (AvgIpc) is 2.88. The number of rotatable bonds is 1. The normalized spacial score (nSPS) is 34.7. The molecule has 1 saturated carbocycles. The van der Waals surface area contributed by atoms with E-state index in [1.54, 1.807) is 0 Å². The van der Waals surface area contributed by atoms with Crippen LogP contribution >= 0.6 is 11.8 Å². The number of hydrogen-bond donors (Lipinski definition) is 1. The van der Waals surface area contributed by atoms with E-state index in [1.165, 1.54) is 38.5 Å². The fourth-order valence-electron chi connectivity index (χ4n) is 4.05. The van der Waals surface area contributed by atoms with Crippen LogP contribution < -0.4 is 5.32 Å². The SMILES string of the molecule is CC1(C(=O)N2CCNCC23CCCCC3)CCCS1. The molecule has 108 valence electrons. The molecule has 3 aliphatic rings. The number of amides is 1. The first-order chi connectivity index (χ1) is 9.16. The fraction of sp³-hybridized carbons (Fsp3) is 0.933. The third-order valence-corrected chi connectivity index (χ3v) is 6.75. The molecule has 1 unspecified atom stereocenters. The lowest BCUT2D eigenvalue weighted by molar-refractivity contribution is -0.143. The van der Waals surface area contributed by atoms with Crippen LogP contribution in [0, 0.1) is 0 Å². The molecular formula is C15H26N2OS. The molecule has 2 heterocycles. The van der Waals surface area contributed by atoms with Gasteiger partial charge in [0.1, 0.15) is 0 Å². The highest BCUT2D eigenvalue weighted by molar-refractivity contribution is 8.01. The Balaban J connectivity index is 1.81. The predicted molar refractivity (Wildman–Crippen MR) is 80.5 cm³/mol. The summed E-state index contributed by atoms with van der Waals surface area (Å²) in [5.41, 5.74) is 0.139. The molecule has 1 amide bonds. The highest BCUT2D eigenvalue weighted by Crippen LogP contribution is 2.43. The van der Waals surface area contributed by atoms with Gasteiger partial charge < -0.3 is 10.2 Å². The van der Waals surface area contributed by atoms with Crippen LogP contribution in [0.5, 0.6) is 0 Å². The molecule has 3 nitrogen and oxygen atoms in total. The number of thioether (sulfide) groups is 1. The molecule has 1 aliphatic carbocycles. The molecule has 1 atom stereocenters. The lowest BCUT2D eigenvalue weighted by Crippen LogP contribution is -2.66. The largest absolute Gasteiger partial charge is 0.333 e. The van der Waals surface area contributed by atoms with Crippen LogP contribution in [0.15, 0.2) is 0 Å². The molecule has 0 aromatic rings. The van der Waals surface area contributed by atoms with E-state index in [0.717, 1.165) is 31.8 Å². The summed E-state index contributed by atoms with van der Waals surface area (Å²) in [6.07, 6.45) is 8.59. The van der Waals surface area contributed by atoms with Crippen molar-refractivity contribution in [2.45, 2.75) is 62.2 Å². The maximum Gasteiger partial charge on any atom is 0.239 e. The summed E-state index contributed by atoms with van der Waals surface area (Å²) in [6, 6.07) is 0. The molecule has 4 heteroatoms. The molecule has 0 bridgehead atoms. The van der Waals surface area contributed by atoms with Crippen LogP contribution in [0.1, 0.15) is 51.9 Å². The zero-order chi connectivity index (χ0) is 13.3. The Morgan fingerprint density at radius 1 is 1.16 bits per heavy atom. The van der Waals surface area contributed by atoms with E-state index in [9.17, 15) is 4.79 Å². The number of carbonyl (C=O) groups is 1. The van der Waals surface area contributed by atoms with Crippen molar-refractivity contribution in [2.24, 2.45) is 0 Å². The molecule has 2 saturated heterocycles. The Labute approximate surface area is 120 Å². The average molecular weight is 282 g/mol. The van der Waals surface area contributed by atoms with Crippen LogP contribution in [0.4, 0.5) is 0 Å². The van der Waals surface area contributed by atoms with Crippen molar-refractivity contribution in [1.29, 1.82) is 0 Å². The van der Waals surface area contributed by atoms with Gasteiger partial charge in [0.2, 0.25) is 5.91 Å². The van der Waals surface area contributed by atoms with Gasteiger partial charge in [-0.25, -0.2) is 0 Å². The third-order valence-electron chi connectivity index (χ3n) is 5.24. The number of carbonyl (C=O) groups excluding carboxylic acids is 1. The maximum atomic E-state index is 13.1. The van der Waals surface area contributed by atoms with Gasteiger partial charge in [0, 0.05) is 19.6 Å². The second-order valence-corrected chi connectivity index (χ2v) is 8.20. The number of hydrogen-bond acceptors (Lipinski definition) is 3. The summed E-state index contributed by atoms with van der Waals surface area (Å²) in [7, 11) is 0. The quantitative estimate of drug-likeness (QED) is 0.801. The molecule has 19 heavy (non-hydrogen) atoms. The molecule has 1 spiro atoms. The summed E-state index contributed by atoms with van der Waals surface area (Å²) in [5, 5.41) is 3.53. The Kier molecular flexibility index (Phi) is 3.82. The van der Waals surface area contributed by atoms with E-state index in [4.69, 9.17) is 0 Å². The van der Waals surface area contributed by atoms with Gasteiger partial charge in [-0.2, -0.15) is 0 Å². The second kappa shape index (κ2) is 5.28. The lowest BCUT2D eigenvalue weighted by Gasteiger charge is -2.51. The van der Waals surface area contributed by atoms with E-state index in [-0.39, 0.29) is 10.3 Å². The van der Waals surface area contributed by atoms with Crippen molar-refractivity contribution in [3.05, 3.63) is 0 Å². The Morgan fingerprint density at radius 3 is 2.63 bits per heavy atom. The Hall–Kier alpha value is -0.220. The molecule has 1 N–H and O–H groups in total. The monoisotopic (exact) mass is 282 g/mol. The minimum Gasteiger partial charge on any atom is -0.333 e. The number of piperazine rings is 1. The second-order valence-electron chi connectivity index (χ2n) is 6.60. The van der Waals surface area contributed by atoms with E-state index in [0.29, 0.717) is 5.91 Å². The summed E-state index contributed by atoms with van der Waals surface area (Å²) >= 11 is 1.88. The summed E-state index contributed by atoms with van der Waals surface area (Å²) in [6.45, 7) is 5.06. The van der Waals surface area contributed by atoms with Crippen LogP contribution in [0.3, 0.4) is 0 Å². The number of nitrogens with zero attached hydrogens (tertiary/aromatic N) is 1. The van der Waals surface area contributed by atoms with Crippen molar-refractivity contribution in [3.8, 4) is 0 Å². The Morgan fingerprint density at radius 2 is 1.95 bits per heavy atom. The standard InChI is InChI=1S/C15H26N2OS/c1-14(6-5-11-19-14)13(18)17-10-9-16-12-15(17)7-3-2-4-8-15/h16H,2-12H2,1H3. The molecule has 2 aliphatic heterocycles. The van der Waals surface area contributed by atoms with Crippen molar-refractivity contribution < 1.29 is 4.79 Å². The van der Waals surface area contributed by atoms with Crippen molar-refractivity contribution in [1.82, 2.24) is 10.2 Å². The van der Waals surface area contributed by atoms with Crippen molar-refractivity contribution >= 4 is 17.7 Å². The van der Waals surface area contributed by atoms with Crippen LogP contribution in [0.25, 0.3) is 0 Å². The van der Waals surface area contributed by atoms with Gasteiger partial charge in [-0.05, 0) is 38.4 Å². The van der Waals surface area contributed by atoms with Gasteiger partial charge in [-0.1, -0.05) is 19.3 Å². The highest BCUT2D eigenvalue weighted by Gasteiger charge is 2.48. The molecule has 0 aromatic carbocycles. The van der Waals surface area contributed by atoms with Crippen LogP contribution in [0.2, 0.25) is 0 Å². The molecule has 3 rings (SSSR count). The van der Waals surface area contributed by atoms with Gasteiger partial charge in [0.05, 0.1) is 10.3 Å². The number of nitrogens with one attached hydrogen (secondary N) is 1. The lowest BCUT2D eigenvalue weighted by atomic mass is 9.78. The van der Waals surface area contributed by atoms with E-state index < -0.39 is 0 Å².